The van der Waals surface area contributed by atoms with Crippen LogP contribution in [0, 0.1) is 11.3 Å². The quantitative estimate of drug-likeness (QED) is 0.729. The molecule has 0 aromatic heterocycles. The monoisotopic (exact) mass is 362 g/mol. The summed E-state index contributed by atoms with van der Waals surface area (Å²) in [4.78, 5) is 12.9. The molecule has 3 N–H and O–H groups in total. The SMILES string of the molecule is CC1=C(C(=O)NCc2ccccc2)[C@@H](c2ccc(C#N)cc2)NC(=S)N1. The number of carbonyl (C=O) groups excluding carboxylic acids is 1. The van der Waals surface area contributed by atoms with E-state index in [1.165, 1.54) is 0 Å². The molecule has 0 aliphatic carbocycles. The zero-order valence-electron chi connectivity index (χ0n) is 14.2. The molecular weight excluding hydrogens is 344 g/mol. The Morgan fingerprint density at radius 2 is 1.88 bits per heavy atom. The Balaban J connectivity index is 1.85. The molecule has 0 bridgehead atoms. The van der Waals surface area contributed by atoms with E-state index in [0.29, 0.717) is 28.5 Å². The van der Waals surface area contributed by atoms with Gasteiger partial charge in [-0.25, -0.2) is 0 Å². The van der Waals surface area contributed by atoms with Crippen LogP contribution in [0.25, 0.3) is 0 Å². The summed E-state index contributed by atoms with van der Waals surface area (Å²) < 4.78 is 0. The number of nitriles is 1. The van der Waals surface area contributed by atoms with Gasteiger partial charge in [-0.05, 0) is 42.4 Å². The van der Waals surface area contributed by atoms with Crippen molar-refractivity contribution in [3.8, 4) is 6.07 Å². The molecule has 6 heteroatoms. The highest BCUT2D eigenvalue weighted by Crippen LogP contribution is 2.27. The van der Waals surface area contributed by atoms with Crippen molar-refractivity contribution in [1.82, 2.24) is 16.0 Å². The van der Waals surface area contributed by atoms with Crippen molar-refractivity contribution >= 4 is 23.2 Å². The molecule has 5 nitrogen and oxygen atoms in total. The molecule has 1 amide bonds. The summed E-state index contributed by atoms with van der Waals surface area (Å²) >= 11 is 5.25. The first-order valence-electron chi connectivity index (χ1n) is 8.19. The van der Waals surface area contributed by atoms with Gasteiger partial charge in [0.2, 0.25) is 0 Å². The number of rotatable bonds is 4. The zero-order chi connectivity index (χ0) is 18.5. The highest BCUT2D eigenvalue weighted by Gasteiger charge is 2.29. The maximum atomic E-state index is 12.9. The average Bonchev–Trinajstić information content (AvgIpc) is 2.66. The number of thiocarbonyl (C=S) groups is 1. The molecule has 0 unspecified atom stereocenters. The van der Waals surface area contributed by atoms with Gasteiger partial charge in [0.15, 0.2) is 5.11 Å². The second kappa shape index (κ2) is 7.81. The lowest BCUT2D eigenvalue weighted by molar-refractivity contribution is -0.118. The molecular formula is C20H18N4OS. The highest BCUT2D eigenvalue weighted by atomic mass is 32.1. The number of nitrogens with zero attached hydrogens (tertiary/aromatic N) is 1. The van der Waals surface area contributed by atoms with Gasteiger partial charge in [-0.1, -0.05) is 42.5 Å². The van der Waals surface area contributed by atoms with E-state index in [9.17, 15) is 4.79 Å². The average molecular weight is 362 g/mol. The van der Waals surface area contributed by atoms with Gasteiger partial charge in [-0.15, -0.1) is 0 Å². The van der Waals surface area contributed by atoms with Crippen molar-refractivity contribution < 1.29 is 4.79 Å². The Morgan fingerprint density at radius 3 is 2.54 bits per heavy atom. The summed E-state index contributed by atoms with van der Waals surface area (Å²) in [5, 5.41) is 18.6. The van der Waals surface area contributed by atoms with Crippen LogP contribution in [-0.4, -0.2) is 11.0 Å². The fourth-order valence-electron chi connectivity index (χ4n) is 2.87. The second-order valence-electron chi connectivity index (χ2n) is 5.97. The number of allylic oxidation sites excluding steroid dienone is 1. The minimum atomic E-state index is -0.368. The fourth-order valence-corrected chi connectivity index (χ4v) is 3.14. The van der Waals surface area contributed by atoms with Gasteiger partial charge in [0, 0.05) is 12.2 Å². The summed E-state index contributed by atoms with van der Waals surface area (Å²) in [7, 11) is 0. The Bertz CT molecular complexity index is 898. The van der Waals surface area contributed by atoms with Crippen LogP contribution in [0.15, 0.2) is 65.9 Å². The van der Waals surface area contributed by atoms with Gasteiger partial charge in [-0.3, -0.25) is 4.79 Å². The first-order chi connectivity index (χ1) is 12.6. The lowest BCUT2D eigenvalue weighted by Crippen LogP contribution is -2.46. The lowest BCUT2D eigenvalue weighted by Gasteiger charge is -2.30. The minimum Gasteiger partial charge on any atom is -0.351 e. The Labute approximate surface area is 157 Å². The van der Waals surface area contributed by atoms with Crippen LogP contribution in [0.3, 0.4) is 0 Å². The van der Waals surface area contributed by atoms with E-state index < -0.39 is 0 Å². The van der Waals surface area contributed by atoms with E-state index >= 15 is 0 Å². The molecule has 2 aromatic rings. The van der Waals surface area contributed by atoms with Crippen molar-refractivity contribution in [2.75, 3.05) is 0 Å². The molecule has 0 saturated carbocycles. The highest BCUT2D eigenvalue weighted by molar-refractivity contribution is 7.80. The molecule has 0 saturated heterocycles. The fraction of sp³-hybridized carbons (Fsp3) is 0.150. The number of hydrogen-bond donors (Lipinski definition) is 3. The van der Waals surface area contributed by atoms with Crippen LogP contribution in [-0.2, 0) is 11.3 Å². The number of amides is 1. The molecule has 0 fully saturated rings. The summed E-state index contributed by atoms with van der Waals surface area (Å²) in [6, 6.07) is 18.6. The molecule has 130 valence electrons. The number of carbonyl (C=O) groups is 1. The molecule has 2 aromatic carbocycles. The summed E-state index contributed by atoms with van der Waals surface area (Å²) in [6.07, 6.45) is 0. The minimum absolute atomic E-state index is 0.164. The predicted octanol–water partition coefficient (Wildman–Crippen LogP) is 2.67. The molecule has 1 heterocycles. The van der Waals surface area contributed by atoms with E-state index in [2.05, 4.69) is 22.0 Å². The third-order valence-electron chi connectivity index (χ3n) is 4.18. The molecule has 0 radical (unpaired) electrons. The first kappa shape index (κ1) is 17.6. The van der Waals surface area contributed by atoms with Crippen molar-refractivity contribution in [2.45, 2.75) is 19.5 Å². The molecule has 1 aliphatic heterocycles. The zero-order valence-corrected chi connectivity index (χ0v) is 15.1. The van der Waals surface area contributed by atoms with E-state index in [1.807, 2.05) is 49.4 Å². The van der Waals surface area contributed by atoms with Crippen LogP contribution >= 0.6 is 12.2 Å². The van der Waals surface area contributed by atoms with E-state index in [4.69, 9.17) is 17.5 Å². The summed E-state index contributed by atoms with van der Waals surface area (Å²) in [6.45, 7) is 2.28. The van der Waals surface area contributed by atoms with Gasteiger partial charge in [0.25, 0.3) is 5.91 Å². The molecule has 26 heavy (non-hydrogen) atoms. The van der Waals surface area contributed by atoms with Gasteiger partial charge < -0.3 is 16.0 Å². The number of benzene rings is 2. The lowest BCUT2D eigenvalue weighted by atomic mass is 9.94. The summed E-state index contributed by atoms with van der Waals surface area (Å²) in [5.74, 6) is -0.164. The molecule has 3 rings (SSSR count). The van der Waals surface area contributed by atoms with Crippen LogP contribution in [0.5, 0.6) is 0 Å². The van der Waals surface area contributed by atoms with Crippen LogP contribution < -0.4 is 16.0 Å². The third-order valence-corrected chi connectivity index (χ3v) is 4.40. The Kier molecular flexibility index (Phi) is 5.30. The van der Waals surface area contributed by atoms with Crippen LogP contribution in [0.1, 0.15) is 29.7 Å². The van der Waals surface area contributed by atoms with Crippen molar-refractivity contribution in [1.29, 1.82) is 5.26 Å². The van der Waals surface area contributed by atoms with Gasteiger partial charge in [0.1, 0.15) is 0 Å². The Morgan fingerprint density at radius 1 is 1.19 bits per heavy atom. The number of hydrogen-bond acceptors (Lipinski definition) is 3. The van der Waals surface area contributed by atoms with Gasteiger partial charge in [-0.2, -0.15) is 5.26 Å². The van der Waals surface area contributed by atoms with Crippen LogP contribution in [0.4, 0.5) is 0 Å². The largest absolute Gasteiger partial charge is 0.351 e. The normalized spacial score (nSPS) is 16.3. The Hall–Kier alpha value is -3.17. The molecule has 0 spiro atoms. The smallest absolute Gasteiger partial charge is 0.251 e. The standard InChI is InChI=1S/C20H18N4OS/c1-13-17(19(25)22-12-15-5-3-2-4-6-15)18(24-20(26)23-13)16-9-7-14(11-21)8-10-16/h2-10,18H,12H2,1H3,(H,22,25)(H2,23,24,26)/t18-/m1/s1. The van der Waals surface area contributed by atoms with Crippen LogP contribution in [0.2, 0.25) is 0 Å². The third kappa shape index (κ3) is 3.90. The van der Waals surface area contributed by atoms with Gasteiger partial charge >= 0.3 is 0 Å². The maximum absolute atomic E-state index is 12.9. The number of nitrogens with one attached hydrogen (secondary N) is 3. The van der Waals surface area contributed by atoms with E-state index in [-0.39, 0.29) is 11.9 Å². The van der Waals surface area contributed by atoms with Crippen molar-refractivity contribution in [2.24, 2.45) is 0 Å². The second-order valence-corrected chi connectivity index (χ2v) is 6.38. The van der Waals surface area contributed by atoms with Crippen molar-refractivity contribution in [3.05, 3.63) is 82.6 Å². The molecule has 1 atom stereocenters. The maximum Gasteiger partial charge on any atom is 0.251 e. The first-order valence-corrected chi connectivity index (χ1v) is 8.60. The van der Waals surface area contributed by atoms with E-state index in [1.54, 1.807) is 12.1 Å². The predicted molar refractivity (Wildman–Crippen MR) is 104 cm³/mol. The van der Waals surface area contributed by atoms with Gasteiger partial charge in [0.05, 0.1) is 23.2 Å². The molecule has 1 aliphatic rings. The summed E-state index contributed by atoms with van der Waals surface area (Å²) in [5.41, 5.74) is 3.77. The van der Waals surface area contributed by atoms with Crippen molar-refractivity contribution in [3.63, 3.8) is 0 Å². The topological polar surface area (TPSA) is 77.0 Å². The van der Waals surface area contributed by atoms with E-state index in [0.717, 1.165) is 11.1 Å².